The van der Waals surface area contributed by atoms with Crippen molar-refractivity contribution in [2.45, 2.75) is 97.3 Å². The van der Waals surface area contributed by atoms with Crippen LogP contribution in [0.5, 0.6) is 0 Å². The van der Waals surface area contributed by atoms with Gasteiger partial charge in [-0.1, -0.05) is 104 Å². The van der Waals surface area contributed by atoms with Crippen LogP contribution in [0.1, 0.15) is 97.3 Å². The van der Waals surface area contributed by atoms with E-state index in [2.05, 4.69) is 20.4 Å². The van der Waals surface area contributed by atoms with E-state index in [0.717, 1.165) is 0 Å². The molecule has 0 spiro atoms. The van der Waals surface area contributed by atoms with Gasteiger partial charge in [-0.05, 0) is 0 Å². The highest BCUT2D eigenvalue weighted by Gasteiger charge is 2.15. The molecule has 0 aliphatic carbocycles. The van der Waals surface area contributed by atoms with Gasteiger partial charge in [0.1, 0.15) is 0 Å². The lowest BCUT2D eigenvalue weighted by Gasteiger charge is -2.08. The largest absolute Gasteiger partial charge is 0.478 e. The van der Waals surface area contributed by atoms with Crippen LogP contribution >= 0.6 is 0 Å². The number of aliphatic hydroxyl groups is 2. The van der Waals surface area contributed by atoms with E-state index in [-0.39, 0.29) is 18.8 Å². The lowest BCUT2D eigenvalue weighted by atomic mass is 10.0. The van der Waals surface area contributed by atoms with Crippen LogP contribution < -0.4 is 0 Å². The van der Waals surface area contributed by atoms with Crippen LogP contribution in [-0.2, 0) is 4.79 Å². The number of rotatable bonds is 16. The summed E-state index contributed by atoms with van der Waals surface area (Å²) >= 11 is 0. The third-order valence-electron chi connectivity index (χ3n) is 4.42. The summed E-state index contributed by atoms with van der Waals surface area (Å²) < 4.78 is 0. The third kappa shape index (κ3) is 19.3. The number of hydrogen-bond acceptors (Lipinski definition) is 3. The fraction of sp³-hybridized carbons (Fsp3) is 0.857. The molecular weight excluding hydrogens is 316 g/mol. The van der Waals surface area contributed by atoms with E-state index in [4.69, 9.17) is 15.3 Å². The summed E-state index contributed by atoms with van der Waals surface area (Å²) in [5.41, 5.74) is -0.162. The molecule has 0 unspecified atom stereocenters. The van der Waals surface area contributed by atoms with E-state index in [1.165, 1.54) is 83.5 Å². The molecule has 0 fully saturated rings. The SMILES string of the molecule is C=C(C(=O)O)C(CO)CO.CCCCCCCCCCCCCCC. The van der Waals surface area contributed by atoms with Gasteiger partial charge in [-0.25, -0.2) is 4.79 Å². The molecule has 0 aliphatic heterocycles. The first-order chi connectivity index (χ1) is 12.0. The van der Waals surface area contributed by atoms with Gasteiger partial charge in [0.25, 0.3) is 0 Å². The molecule has 0 aliphatic rings. The first-order valence-electron chi connectivity index (χ1n) is 10.2. The zero-order chi connectivity index (χ0) is 19.3. The van der Waals surface area contributed by atoms with Crippen LogP contribution in [-0.4, -0.2) is 34.5 Å². The molecule has 0 rings (SSSR count). The molecule has 4 heteroatoms. The summed E-state index contributed by atoms with van der Waals surface area (Å²) in [4.78, 5) is 10.1. The van der Waals surface area contributed by atoms with Gasteiger partial charge in [0.05, 0.1) is 13.2 Å². The molecule has 0 aromatic heterocycles. The number of carboxylic acid groups (broad SMARTS) is 1. The highest BCUT2D eigenvalue weighted by atomic mass is 16.4. The lowest BCUT2D eigenvalue weighted by Crippen LogP contribution is -2.18. The van der Waals surface area contributed by atoms with E-state index in [9.17, 15) is 4.79 Å². The highest BCUT2D eigenvalue weighted by Crippen LogP contribution is 2.12. The van der Waals surface area contributed by atoms with Crippen LogP contribution in [0, 0.1) is 5.92 Å². The first-order valence-corrected chi connectivity index (χ1v) is 10.2. The molecule has 0 atom stereocenters. The van der Waals surface area contributed by atoms with Gasteiger partial charge in [0, 0.05) is 11.5 Å². The Bertz CT molecular complexity index is 286. The lowest BCUT2D eigenvalue weighted by molar-refractivity contribution is -0.133. The zero-order valence-corrected chi connectivity index (χ0v) is 16.6. The molecule has 0 bridgehead atoms. The van der Waals surface area contributed by atoms with Crippen molar-refractivity contribution in [3.8, 4) is 0 Å². The van der Waals surface area contributed by atoms with Crippen molar-refractivity contribution in [1.82, 2.24) is 0 Å². The normalized spacial score (nSPS) is 10.4. The second-order valence-electron chi connectivity index (χ2n) is 6.78. The Morgan fingerprint density at radius 1 is 0.720 bits per heavy atom. The molecule has 0 saturated carbocycles. The van der Waals surface area contributed by atoms with E-state index in [1.807, 2.05) is 0 Å². The number of carboxylic acids is 1. The van der Waals surface area contributed by atoms with Crippen molar-refractivity contribution in [3.05, 3.63) is 12.2 Å². The Balaban J connectivity index is 0. The molecule has 25 heavy (non-hydrogen) atoms. The maximum atomic E-state index is 10.1. The summed E-state index contributed by atoms with van der Waals surface area (Å²) in [6.45, 7) is 6.98. The number of hydrogen-bond donors (Lipinski definition) is 3. The number of aliphatic hydroxyl groups excluding tert-OH is 2. The van der Waals surface area contributed by atoms with Crippen LogP contribution in [0.25, 0.3) is 0 Å². The molecule has 0 radical (unpaired) electrons. The minimum atomic E-state index is -1.19. The fourth-order valence-electron chi connectivity index (χ4n) is 2.54. The van der Waals surface area contributed by atoms with Gasteiger partial charge in [-0.2, -0.15) is 0 Å². The van der Waals surface area contributed by atoms with E-state index < -0.39 is 11.9 Å². The van der Waals surface area contributed by atoms with Gasteiger partial charge < -0.3 is 15.3 Å². The topological polar surface area (TPSA) is 77.8 Å². The first kappa shape index (κ1) is 26.4. The van der Waals surface area contributed by atoms with Gasteiger partial charge in [-0.3, -0.25) is 0 Å². The molecular formula is C21H42O4. The zero-order valence-electron chi connectivity index (χ0n) is 16.6. The maximum absolute atomic E-state index is 10.1. The predicted octanol–water partition coefficient (Wildman–Crippen LogP) is 5.33. The Hall–Kier alpha value is -0.870. The number of carbonyl (C=O) groups is 1. The van der Waals surface area contributed by atoms with Gasteiger partial charge in [-0.15, -0.1) is 0 Å². The van der Waals surface area contributed by atoms with E-state index in [0.29, 0.717) is 0 Å². The minimum absolute atomic E-state index is 0.162. The molecule has 0 aromatic carbocycles. The Morgan fingerprint density at radius 2 is 1.00 bits per heavy atom. The molecule has 0 amide bonds. The standard InChI is InChI=1S/C15H32.C6H10O4/c1-3-5-7-9-11-13-15-14-12-10-8-6-4-2;1-4(6(9)10)5(2-7)3-8/h3-15H2,1-2H3;5,7-8H,1-3H2,(H,9,10). The Kier molecular flexibility index (Phi) is 22.3. The second-order valence-corrected chi connectivity index (χ2v) is 6.78. The molecule has 0 saturated heterocycles. The number of unbranched alkanes of at least 4 members (excludes halogenated alkanes) is 12. The quantitative estimate of drug-likeness (QED) is 0.257. The van der Waals surface area contributed by atoms with Crippen molar-refractivity contribution in [3.63, 3.8) is 0 Å². The Labute approximate surface area is 155 Å². The van der Waals surface area contributed by atoms with Crippen LogP contribution in [0.15, 0.2) is 12.2 Å². The number of aliphatic carboxylic acids is 1. The van der Waals surface area contributed by atoms with Crippen molar-refractivity contribution in [1.29, 1.82) is 0 Å². The van der Waals surface area contributed by atoms with E-state index in [1.54, 1.807) is 0 Å². The van der Waals surface area contributed by atoms with Crippen molar-refractivity contribution < 1.29 is 20.1 Å². The summed E-state index contributed by atoms with van der Waals surface area (Å²) in [5.74, 6) is -1.93. The van der Waals surface area contributed by atoms with Crippen LogP contribution in [0.4, 0.5) is 0 Å². The van der Waals surface area contributed by atoms with Crippen molar-refractivity contribution in [2.24, 2.45) is 5.92 Å². The average molecular weight is 359 g/mol. The highest BCUT2D eigenvalue weighted by molar-refractivity contribution is 5.86. The molecule has 0 aromatic rings. The molecule has 4 nitrogen and oxygen atoms in total. The summed E-state index contributed by atoms with van der Waals surface area (Å²) in [6.07, 6.45) is 18.9. The van der Waals surface area contributed by atoms with Crippen LogP contribution in [0.2, 0.25) is 0 Å². The molecule has 3 N–H and O–H groups in total. The van der Waals surface area contributed by atoms with Crippen molar-refractivity contribution in [2.75, 3.05) is 13.2 Å². The summed E-state index contributed by atoms with van der Waals surface area (Å²) in [6, 6.07) is 0. The average Bonchev–Trinajstić information content (AvgIpc) is 2.61. The van der Waals surface area contributed by atoms with E-state index >= 15 is 0 Å². The minimum Gasteiger partial charge on any atom is -0.478 e. The molecule has 150 valence electrons. The predicted molar refractivity (Wildman–Crippen MR) is 106 cm³/mol. The summed E-state index contributed by atoms with van der Waals surface area (Å²) in [5, 5.41) is 25.2. The van der Waals surface area contributed by atoms with Gasteiger partial charge >= 0.3 is 5.97 Å². The molecule has 0 heterocycles. The van der Waals surface area contributed by atoms with Gasteiger partial charge in [0.2, 0.25) is 0 Å². The monoisotopic (exact) mass is 358 g/mol. The van der Waals surface area contributed by atoms with Gasteiger partial charge in [0.15, 0.2) is 0 Å². The summed E-state index contributed by atoms with van der Waals surface area (Å²) in [7, 11) is 0. The van der Waals surface area contributed by atoms with Crippen LogP contribution in [0.3, 0.4) is 0 Å². The van der Waals surface area contributed by atoms with Crippen molar-refractivity contribution >= 4 is 5.97 Å². The maximum Gasteiger partial charge on any atom is 0.331 e. The smallest absolute Gasteiger partial charge is 0.331 e. The Morgan fingerprint density at radius 3 is 1.16 bits per heavy atom. The second kappa shape index (κ2) is 21.2. The fourth-order valence-corrected chi connectivity index (χ4v) is 2.54. The third-order valence-corrected chi connectivity index (χ3v) is 4.42.